The predicted octanol–water partition coefficient (Wildman–Crippen LogP) is 4.74. The number of ether oxygens (including phenoxy) is 4. The first-order valence-corrected chi connectivity index (χ1v) is 34.8. The Hall–Kier alpha value is -7.40. The summed E-state index contributed by atoms with van der Waals surface area (Å²) in [5.74, 6) is 1.90. The average molecular weight is 1320 g/mol. The Bertz CT molecular complexity index is 4080. The Labute approximate surface area is 535 Å². The van der Waals surface area contributed by atoms with Gasteiger partial charge in [0.15, 0.2) is 64.4 Å². The minimum atomic E-state index is -3.83. The maximum absolute atomic E-state index is 13.6. The van der Waals surface area contributed by atoms with E-state index in [2.05, 4.69) is 71.2 Å². The van der Waals surface area contributed by atoms with Crippen molar-refractivity contribution >= 4 is 89.3 Å². The number of fused-ring (bicyclic) bond motifs is 3. The Kier molecular flexibility index (Phi) is 16.3. The topological polar surface area (TPSA) is 397 Å². The summed E-state index contributed by atoms with van der Waals surface area (Å²) in [6.07, 6.45) is 9.42. The van der Waals surface area contributed by atoms with Gasteiger partial charge in [0.25, 0.3) is 11.8 Å². The third-order valence-corrected chi connectivity index (χ3v) is 23.0. The fourth-order valence-corrected chi connectivity index (χ4v) is 20.1. The normalized spacial score (nSPS) is 32.6. The number of likely N-dealkylation sites (N-methyl/N-ethyl adjacent to an activating group) is 2. The first-order chi connectivity index (χ1) is 44.4. The van der Waals surface area contributed by atoms with Crippen LogP contribution in [0.4, 0.5) is 32.6 Å². The van der Waals surface area contributed by atoms with E-state index in [1.54, 1.807) is 55.7 Å². The predicted molar refractivity (Wildman–Crippen MR) is 332 cm³/mol. The summed E-state index contributed by atoms with van der Waals surface area (Å²) in [6.45, 7) is 7.85. The van der Waals surface area contributed by atoms with Gasteiger partial charge in [-0.15, -0.1) is 0 Å². The van der Waals surface area contributed by atoms with Crippen molar-refractivity contribution in [2.75, 3.05) is 34.4 Å². The molecule has 11 aliphatic rings. The fourth-order valence-electron chi connectivity index (χ4n) is 17.1. The summed E-state index contributed by atoms with van der Waals surface area (Å²) in [4.78, 5) is 77.0. The molecule has 3 aliphatic heterocycles. The number of rotatable bonds is 16. The van der Waals surface area contributed by atoms with E-state index in [4.69, 9.17) is 18.9 Å². The maximum Gasteiger partial charge on any atom is 0.324 e. The van der Waals surface area contributed by atoms with E-state index in [-0.39, 0.29) is 55.2 Å². The van der Waals surface area contributed by atoms with Crippen molar-refractivity contribution in [1.82, 2.24) is 59.1 Å². The van der Waals surface area contributed by atoms with Crippen LogP contribution >= 0.6 is 0 Å². The van der Waals surface area contributed by atoms with Crippen molar-refractivity contribution in [3.63, 3.8) is 0 Å². The lowest BCUT2D eigenvalue weighted by atomic mass is 9.53. The van der Waals surface area contributed by atoms with Gasteiger partial charge in [0, 0.05) is 35.5 Å². The molecule has 3 saturated heterocycles. The first-order valence-electron chi connectivity index (χ1n) is 31.8. The first kappa shape index (κ1) is 63.0. The number of aromatic nitrogens is 8. The van der Waals surface area contributed by atoms with Crippen LogP contribution in [0.1, 0.15) is 117 Å². The largest absolute Gasteiger partial charge is 0.387 e. The van der Waals surface area contributed by atoms with Crippen molar-refractivity contribution in [1.29, 1.82) is 0 Å². The van der Waals surface area contributed by atoms with Crippen molar-refractivity contribution < 1.29 is 65.2 Å². The zero-order valence-corrected chi connectivity index (χ0v) is 53.2. The molecule has 0 radical (unpaired) electrons. The molecule has 6 amide bonds. The number of carbonyl (C=O) groups is 4. The summed E-state index contributed by atoms with van der Waals surface area (Å²) in [5, 5.41) is 37.0. The van der Waals surface area contributed by atoms with Crippen LogP contribution in [-0.2, 0) is 48.6 Å². The Morgan fingerprint density at radius 1 is 0.538 bits per heavy atom. The molecule has 11 fully saturated rings. The molecule has 0 spiro atoms. The highest BCUT2D eigenvalue weighted by Crippen LogP contribution is 2.57. The van der Waals surface area contributed by atoms with Crippen LogP contribution < -0.4 is 41.3 Å². The molecule has 8 aliphatic carbocycles. The number of hydrogen-bond donors (Lipinski definition) is 10. The number of aliphatic hydroxyl groups is 2. The van der Waals surface area contributed by atoms with Gasteiger partial charge in [0.2, 0.25) is 20.0 Å². The molecular formula is C61H76N16O14S2. The summed E-state index contributed by atoms with van der Waals surface area (Å²) in [5.41, 5.74) is 0.769. The Morgan fingerprint density at radius 2 is 0.946 bits per heavy atom. The fraction of sp³-hybridized carbons (Fsp3) is 0.574. The molecule has 496 valence electrons. The molecule has 6 aromatic rings. The lowest BCUT2D eigenvalue weighted by Crippen LogP contribution is -2.59. The molecule has 2 aromatic carbocycles. The van der Waals surface area contributed by atoms with Crippen molar-refractivity contribution in [3.8, 4) is 0 Å². The molecule has 30 nitrogen and oxygen atoms in total. The van der Waals surface area contributed by atoms with E-state index >= 15 is 0 Å². The number of nitrogens with zero attached hydrogens (tertiary/aromatic N) is 8. The van der Waals surface area contributed by atoms with Crippen LogP contribution in [0.3, 0.4) is 0 Å². The number of anilines is 4. The SMILES string of the molecule is CCNC(=O)[C@H]1O[C@@H](n2cnc3c(NC(=O)Nc4cccc(S(=O)(=O)NC56CC7CC(CC(C7)C5)C6)c4)ncnc32)C(O)C1O.CCNC(=O)[C@H]1O[C@@H](n2cnc3c(NC(=O)Nc4cccc(S(=O)(=O)NC56CC7CC(CC(C7)C5)C6)c4)ncnc32)C2OC(C)(C)OC21. The molecule has 8 bridgehead atoms. The number of imidazole rings is 2. The third kappa shape index (κ3) is 12.3. The zero-order valence-electron chi connectivity index (χ0n) is 51.6. The molecule has 10 N–H and O–H groups in total. The molecule has 8 saturated carbocycles. The van der Waals surface area contributed by atoms with E-state index in [9.17, 15) is 46.2 Å². The van der Waals surface area contributed by atoms with Gasteiger partial charge in [0.05, 0.1) is 22.4 Å². The van der Waals surface area contributed by atoms with Crippen LogP contribution in [0.5, 0.6) is 0 Å². The van der Waals surface area contributed by atoms with Crippen LogP contribution in [0.2, 0.25) is 0 Å². The lowest BCUT2D eigenvalue weighted by Gasteiger charge is -2.56. The number of sulfonamides is 2. The summed E-state index contributed by atoms with van der Waals surface area (Å²) >= 11 is 0. The Balaban J connectivity index is 0.000000161. The number of aliphatic hydroxyl groups excluding tert-OH is 2. The molecule has 4 unspecified atom stereocenters. The van der Waals surface area contributed by atoms with E-state index in [0.717, 1.165) is 38.5 Å². The Morgan fingerprint density at radius 3 is 1.39 bits per heavy atom. The van der Waals surface area contributed by atoms with Gasteiger partial charge in [-0.25, -0.2) is 65.8 Å². The number of benzene rings is 2. The summed E-state index contributed by atoms with van der Waals surface area (Å²) in [6, 6.07) is 11.0. The second-order valence-electron chi connectivity index (χ2n) is 27.1. The zero-order chi connectivity index (χ0) is 64.9. The van der Waals surface area contributed by atoms with Crippen molar-refractivity contribution in [2.45, 2.75) is 180 Å². The minimum Gasteiger partial charge on any atom is -0.387 e. The van der Waals surface area contributed by atoms with Crippen LogP contribution in [0.25, 0.3) is 22.3 Å². The number of urea groups is 2. The van der Waals surface area contributed by atoms with Gasteiger partial charge in [-0.2, -0.15) is 0 Å². The van der Waals surface area contributed by atoms with E-state index in [1.165, 1.54) is 86.6 Å². The van der Waals surface area contributed by atoms with Crippen LogP contribution in [0.15, 0.2) is 83.6 Å². The maximum atomic E-state index is 13.6. The van der Waals surface area contributed by atoms with Gasteiger partial charge >= 0.3 is 12.1 Å². The smallest absolute Gasteiger partial charge is 0.324 e. The van der Waals surface area contributed by atoms with Gasteiger partial charge < -0.3 is 50.4 Å². The highest BCUT2D eigenvalue weighted by molar-refractivity contribution is 7.89. The number of hydrogen-bond acceptors (Lipinski definition) is 20. The van der Waals surface area contributed by atoms with Gasteiger partial charge in [-0.3, -0.25) is 29.4 Å². The molecule has 7 heterocycles. The molecule has 17 rings (SSSR count). The van der Waals surface area contributed by atoms with Gasteiger partial charge in [-0.1, -0.05) is 12.1 Å². The third-order valence-electron chi connectivity index (χ3n) is 19.8. The molecule has 4 aromatic heterocycles. The lowest BCUT2D eigenvalue weighted by molar-refractivity contribution is -0.197. The highest BCUT2D eigenvalue weighted by atomic mass is 32.2. The minimum absolute atomic E-state index is 0.0387. The van der Waals surface area contributed by atoms with Crippen molar-refractivity contribution in [3.05, 3.63) is 73.8 Å². The van der Waals surface area contributed by atoms with E-state index < -0.39 is 98.4 Å². The van der Waals surface area contributed by atoms with Crippen molar-refractivity contribution in [2.24, 2.45) is 35.5 Å². The summed E-state index contributed by atoms with van der Waals surface area (Å²) < 4.78 is 87.3. The second kappa shape index (κ2) is 24.1. The average Bonchev–Trinajstić information content (AvgIpc) is 1.50. The molecular weight excluding hydrogens is 1240 g/mol. The van der Waals surface area contributed by atoms with E-state index in [1.807, 2.05) is 6.92 Å². The van der Waals surface area contributed by atoms with Crippen LogP contribution in [-0.4, -0.2) is 157 Å². The second-order valence-corrected chi connectivity index (χ2v) is 30.5. The number of amides is 6. The highest BCUT2D eigenvalue weighted by Gasteiger charge is 2.59. The molecule has 8 atom stereocenters. The number of nitrogens with one attached hydrogen (secondary N) is 8. The number of carbonyl (C=O) groups excluding carboxylic acids is 4. The van der Waals surface area contributed by atoms with Gasteiger partial charge in [0.1, 0.15) is 37.1 Å². The molecule has 93 heavy (non-hydrogen) atoms. The van der Waals surface area contributed by atoms with Gasteiger partial charge in [-0.05, 0) is 177 Å². The monoisotopic (exact) mass is 1320 g/mol. The quantitative estimate of drug-likeness (QED) is 0.0625. The summed E-state index contributed by atoms with van der Waals surface area (Å²) in [7, 11) is -7.64. The van der Waals surface area contributed by atoms with E-state index in [0.29, 0.717) is 59.9 Å². The molecule has 32 heteroatoms. The van der Waals surface area contributed by atoms with Crippen LogP contribution in [0, 0.1) is 35.5 Å². The standard InChI is InChI=1S/C32H40N8O7S.C29H36N8O7S/c1-4-33-28(41)24-23-25(47-31(2,3)46-23)29(45-24)40-16-36-22-26(34-15-35-27(22)40)38-30(42)37-20-6-5-7-21(11-20)48(43,44)39-32-12-17-8-18(13-32)10-19(9-17)14-32;1-2-30-26(40)23-21(38)22(39)27(44-23)37-14-33-20-24(31-13-32-25(20)37)35-28(41)34-18-4-3-5-19(9-18)45(42,43)36-29-10-15-6-16(11-29)8-17(7-15)12-29/h5-7,11,15-19,23-25,29,39H,4,8-10,12-14H2,1-3H3,(H,33,41)(H2,34,35,37,38,42);3-5,9,13-17,21-23,27,36,38-39H,2,6-8,10-12H2,1H3,(H,30,40)(H2,31,32,34,35,41)/t17?,18?,19?,23?,24-,25?,29+,32?;15?,16?,17?,21?,22?,23-,27+,29?/m00/s1.